The van der Waals surface area contributed by atoms with Crippen molar-refractivity contribution in [2.45, 2.75) is 30.3 Å². The van der Waals surface area contributed by atoms with Crippen molar-refractivity contribution in [1.82, 2.24) is 0 Å². The number of rotatable bonds is 2. The molecule has 1 saturated carbocycles. The summed E-state index contributed by atoms with van der Waals surface area (Å²) in [5, 5.41) is 21.1. The molecule has 0 spiro atoms. The van der Waals surface area contributed by atoms with Crippen molar-refractivity contribution in [1.29, 1.82) is 0 Å². The maximum Gasteiger partial charge on any atom is 0.335 e. The van der Waals surface area contributed by atoms with Gasteiger partial charge < -0.3 is 14.6 Å². The van der Waals surface area contributed by atoms with Crippen LogP contribution in [-0.2, 0) is 0 Å². The quantitative estimate of drug-likeness (QED) is 0.752. The molecular formula is C20H16O4. The number of carbonyl (C=O) groups is 1. The van der Waals surface area contributed by atoms with Crippen LogP contribution in [0.3, 0.4) is 0 Å². The molecule has 2 aliphatic carbocycles. The molecule has 2 unspecified atom stereocenters. The number of hydrogen-bond acceptors (Lipinski definition) is 3. The van der Waals surface area contributed by atoms with Crippen LogP contribution in [0.5, 0.6) is 0 Å². The number of hydrogen-bond donors (Lipinski definition) is 2. The minimum atomic E-state index is -0.924. The van der Waals surface area contributed by atoms with Crippen molar-refractivity contribution < 1.29 is 19.4 Å². The maximum atomic E-state index is 11.2. The molecule has 4 nitrogen and oxygen atoms in total. The van der Waals surface area contributed by atoms with E-state index in [2.05, 4.69) is 0 Å². The van der Waals surface area contributed by atoms with Crippen LogP contribution in [0.15, 0.2) is 53.1 Å². The van der Waals surface area contributed by atoms with E-state index in [-0.39, 0.29) is 17.8 Å². The third-order valence-electron chi connectivity index (χ3n) is 5.72. The smallest absolute Gasteiger partial charge is 0.335 e. The largest absolute Gasteiger partial charge is 0.478 e. The lowest BCUT2D eigenvalue weighted by Gasteiger charge is -2.29. The Balaban J connectivity index is 1.63. The predicted octanol–water partition coefficient (Wildman–Crippen LogP) is 3.86. The number of furan rings is 1. The highest BCUT2D eigenvalue weighted by atomic mass is 16.4. The molecule has 0 amide bonds. The zero-order chi connectivity index (χ0) is 16.4. The maximum absolute atomic E-state index is 11.2. The molecule has 4 heteroatoms. The molecule has 1 heterocycles. The van der Waals surface area contributed by atoms with Gasteiger partial charge in [-0.05, 0) is 41.7 Å². The molecule has 0 aliphatic heterocycles. The summed E-state index contributed by atoms with van der Waals surface area (Å²) < 4.78 is 5.67. The average Bonchev–Trinajstić information content (AvgIpc) is 3.26. The van der Waals surface area contributed by atoms with Gasteiger partial charge in [0.25, 0.3) is 0 Å². The lowest BCUT2D eigenvalue weighted by molar-refractivity contribution is 0.0696. The number of carboxylic acids is 1. The number of carboxylic acid groups (broad SMARTS) is 1. The van der Waals surface area contributed by atoms with Gasteiger partial charge in [0.1, 0.15) is 5.58 Å². The van der Waals surface area contributed by atoms with Gasteiger partial charge >= 0.3 is 5.97 Å². The summed E-state index contributed by atoms with van der Waals surface area (Å²) in [6.45, 7) is 0. The molecule has 2 N–H and O–H groups in total. The Kier molecular flexibility index (Phi) is 2.71. The van der Waals surface area contributed by atoms with E-state index < -0.39 is 12.1 Å². The van der Waals surface area contributed by atoms with Crippen molar-refractivity contribution >= 4 is 16.9 Å². The van der Waals surface area contributed by atoms with Crippen molar-refractivity contribution in [3.63, 3.8) is 0 Å². The van der Waals surface area contributed by atoms with E-state index in [1.807, 2.05) is 30.3 Å². The molecule has 5 rings (SSSR count). The van der Waals surface area contributed by atoms with Crippen LogP contribution in [-0.4, -0.2) is 22.3 Å². The Morgan fingerprint density at radius 2 is 1.88 bits per heavy atom. The van der Waals surface area contributed by atoms with E-state index in [1.54, 1.807) is 18.4 Å². The standard InChI is InChI=1S/C20H16O4/c21-19-15-8-14(11-6-5-10(20(22)23)7-13(11)15)18(19)16-9-24-17-4-2-1-3-12(16)17/h1-7,9,14-15,18-19,21H,8H2,(H,22,23)/t14-,15?,18-,19?/m0/s1. The number of benzene rings is 2. The van der Waals surface area contributed by atoms with E-state index in [0.717, 1.165) is 28.5 Å². The number of fused-ring (bicyclic) bond motifs is 6. The fraction of sp³-hybridized carbons (Fsp3) is 0.250. The molecular weight excluding hydrogens is 304 g/mol. The first-order chi connectivity index (χ1) is 11.6. The van der Waals surface area contributed by atoms with Crippen LogP contribution < -0.4 is 0 Å². The highest BCUT2D eigenvalue weighted by Crippen LogP contribution is 2.60. The summed E-state index contributed by atoms with van der Waals surface area (Å²) in [7, 11) is 0. The highest BCUT2D eigenvalue weighted by molar-refractivity contribution is 5.88. The number of aliphatic hydroxyl groups is 1. The lowest BCUT2D eigenvalue weighted by Crippen LogP contribution is -2.25. The Morgan fingerprint density at radius 1 is 1.04 bits per heavy atom. The van der Waals surface area contributed by atoms with Crippen molar-refractivity contribution in [2.75, 3.05) is 0 Å². The van der Waals surface area contributed by atoms with Gasteiger partial charge in [0, 0.05) is 22.8 Å². The first-order valence-corrected chi connectivity index (χ1v) is 8.16. The molecule has 120 valence electrons. The SMILES string of the molecule is O=C(O)c1ccc2c(c1)C1C[C@@H]2[C@@H](c2coc3ccccc23)C1O. The number of para-hydroxylation sites is 1. The van der Waals surface area contributed by atoms with Crippen LogP contribution in [0.4, 0.5) is 0 Å². The van der Waals surface area contributed by atoms with Gasteiger partial charge in [-0.15, -0.1) is 0 Å². The van der Waals surface area contributed by atoms with E-state index in [1.165, 1.54) is 5.56 Å². The molecule has 2 aliphatic rings. The zero-order valence-corrected chi connectivity index (χ0v) is 12.8. The normalized spacial score (nSPS) is 27.5. The topological polar surface area (TPSA) is 70.7 Å². The van der Waals surface area contributed by atoms with E-state index in [0.29, 0.717) is 5.56 Å². The Bertz CT molecular complexity index is 971. The predicted molar refractivity (Wildman–Crippen MR) is 88.5 cm³/mol. The van der Waals surface area contributed by atoms with Gasteiger partial charge in [0.15, 0.2) is 0 Å². The zero-order valence-electron chi connectivity index (χ0n) is 12.8. The van der Waals surface area contributed by atoms with Gasteiger partial charge in [-0.3, -0.25) is 0 Å². The van der Waals surface area contributed by atoms with Gasteiger partial charge in [-0.1, -0.05) is 24.3 Å². The summed E-state index contributed by atoms with van der Waals surface area (Å²) in [5.74, 6) is -0.707. The summed E-state index contributed by atoms with van der Waals surface area (Å²) in [6, 6.07) is 13.2. The molecule has 24 heavy (non-hydrogen) atoms. The minimum Gasteiger partial charge on any atom is -0.478 e. The highest BCUT2D eigenvalue weighted by Gasteiger charge is 2.51. The molecule has 1 aromatic heterocycles. The summed E-state index contributed by atoms with van der Waals surface area (Å²) in [4.78, 5) is 11.2. The van der Waals surface area contributed by atoms with Crippen molar-refractivity contribution in [2.24, 2.45) is 0 Å². The minimum absolute atomic E-state index is 0.00169. The molecule has 4 atom stereocenters. The van der Waals surface area contributed by atoms with Gasteiger partial charge in [0.05, 0.1) is 17.9 Å². The Morgan fingerprint density at radius 3 is 2.71 bits per heavy atom. The van der Waals surface area contributed by atoms with E-state index >= 15 is 0 Å². The van der Waals surface area contributed by atoms with E-state index in [9.17, 15) is 15.0 Å². The first-order valence-electron chi connectivity index (χ1n) is 8.16. The molecule has 2 bridgehead atoms. The fourth-order valence-electron chi connectivity index (χ4n) is 4.70. The number of aromatic carboxylic acids is 1. The third-order valence-corrected chi connectivity index (χ3v) is 5.72. The van der Waals surface area contributed by atoms with Crippen molar-refractivity contribution in [3.05, 3.63) is 71.0 Å². The second-order valence-corrected chi connectivity index (χ2v) is 6.80. The Hall–Kier alpha value is -2.59. The first kappa shape index (κ1) is 13.8. The summed E-state index contributed by atoms with van der Waals surface area (Å²) >= 11 is 0. The third kappa shape index (κ3) is 1.69. The molecule has 1 fully saturated rings. The van der Waals surface area contributed by atoms with Crippen LogP contribution in [0.2, 0.25) is 0 Å². The molecule has 3 aromatic rings. The summed E-state index contributed by atoms with van der Waals surface area (Å²) in [5.41, 5.74) is 4.35. The van der Waals surface area contributed by atoms with Crippen molar-refractivity contribution in [3.8, 4) is 0 Å². The average molecular weight is 320 g/mol. The second-order valence-electron chi connectivity index (χ2n) is 6.80. The van der Waals surface area contributed by atoms with Gasteiger partial charge in [-0.25, -0.2) is 4.79 Å². The summed E-state index contributed by atoms with van der Waals surface area (Å²) in [6.07, 6.45) is 2.13. The van der Waals surface area contributed by atoms with E-state index in [4.69, 9.17) is 4.42 Å². The van der Waals surface area contributed by atoms with Crippen LogP contribution in [0, 0.1) is 0 Å². The molecule has 0 radical (unpaired) electrons. The van der Waals surface area contributed by atoms with Crippen LogP contribution >= 0.6 is 0 Å². The van der Waals surface area contributed by atoms with Crippen LogP contribution in [0.1, 0.15) is 51.2 Å². The molecule has 0 saturated heterocycles. The van der Waals surface area contributed by atoms with Gasteiger partial charge in [-0.2, -0.15) is 0 Å². The second kappa shape index (κ2) is 4.71. The van der Waals surface area contributed by atoms with Crippen LogP contribution in [0.25, 0.3) is 11.0 Å². The van der Waals surface area contributed by atoms with Gasteiger partial charge in [0.2, 0.25) is 0 Å². The number of aliphatic hydroxyl groups excluding tert-OH is 1. The molecule has 2 aromatic carbocycles. The fourth-order valence-corrected chi connectivity index (χ4v) is 4.70. The Labute approximate surface area is 138 Å². The lowest BCUT2D eigenvalue weighted by atomic mass is 9.77. The monoisotopic (exact) mass is 320 g/mol.